The monoisotopic (exact) mass is 354 g/mol. The van der Waals surface area contributed by atoms with Crippen molar-refractivity contribution in [1.82, 2.24) is 9.97 Å². The molecule has 0 saturated carbocycles. The number of imidazole rings is 1. The number of H-pyrrole nitrogens is 1. The summed E-state index contributed by atoms with van der Waals surface area (Å²) in [6.45, 7) is 0. The zero-order valence-electron chi connectivity index (χ0n) is 10.2. The van der Waals surface area contributed by atoms with Gasteiger partial charge in [-0.25, -0.2) is 9.37 Å². The van der Waals surface area contributed by atoms with Gasteiger partial charge in [0.15, 0.2) is 11.5 Å². The van der Waals surface area contributed by atoms with E-state index >= 15 is 0 Å². The van der Waals surface area contributed by atoms with E-state index in [0.717, 1.165) is 0 Å². The first kappa shape index (κ1) is 13.5. The van der Waals surface area contributed by atoms with Crippen LogP contribution in [0.4, 0.5) is 4.39 Å². The quantitative estimate of drug-likeness (QED) is 0.341. The number of phenolic OH excluding ortho intramolecular Hbond substituents is 4. The Morgan fingerprint density at radius 3 is 2.33 bits per heavy atom. The lowest BCUT2D eigenvalue weighted by Gasteiger charge is -2.03. The van der Waals surface area contributed by atoms with Gasteiger partial charge in [-0.05, 0) is 34.1 Å². The Hall–Kier alpha value is -2.48. The highest BCUT2D eigenvalue weighted by Crippen LogP contribution is 2.48. The summed E-state index contributed by atoms with van der Waals surface area (Å²) in [6, 6.07) is 3.91. The van der Waals surface area contributed by atoms with Crippen molar-refractivity contribution in [3.8, 4) is 34.4 Å². The molecule has 0 atom stereocenters. The molecule has 21 heavy (non-hydrogen) atoms. The van der Waals surface area contributed by atoms with Gasteiger partial charge in [0, 0.05) is 10.0 Å². The van der Waals surface area contributed by atoms with Gasteiger partial charge < -0.3 is 25.4 Å². The van der Waals surface area contributed by atoms with Gasteiger partial charge >= 0.3 is 0 Å². The predicted octanol–water partition coefficient (Wildman–Crippen LogP) is 2.95. The van der Waals surface area contributed by atoms with Crippen molar-refractivity contribution in [1.29, 1.82) is 0 Å². The van der Waals surface area contributed by atoms with Crippen LogP contribution < -0.4 is 0 Å². The fraction of sp³-hybridized carbons (Fsp3) is 0. The first-order chi connectivity index (χ1) is 9.90. The third-order valence-electron chi connectivity index (χ3n) is 3.02. The summed E-state index contributed by atoms with van der Waals surface area (Å²) in [5.74, 6) is -3.25. The number of aromatic hydroxyl groups is 4. The Bertz CT molecular complexity index is 833. The minimum atomic E-state index is -0.865. The summed E-state index contributed by atoms with van der Waals surface area (Å²) in [4.78, 5) is 6.75. The van der Waals surface area contributed by atoms with Crippen molar-refractivity contribution >= 4 is 27.0 Å². The van der Waals surface area contributed by atoms with E-state index in [2.05, 4.69) is 25.9 Å². The topological polar surface area (TPSA) is 110 Å². The zero-order valence-corrected chi connectivity index (χ0v) is 11.8. The van der Waals surface area contributed by atoms with Gasteiger partial charge in [-0.1, -0.05) is 0 Å². The molecule has 0 aliphatic carbocycles. The van der Waals surface area contributed by atoms with E-state index < -0.39 is 28.8 Å². The minimum absolute atomic E-state index is 0.0472. The van der Waals surface area contributed by atoms with Crippen LogP contribution >= 0.6 is 15.9 Å². The molecule has 0 unspecified atom stereocenters. The molecule has 0 saturated heterocycles. The third-order valence-corrected chi connectivity index (χ3v) is 3.68. The second-order valence-corrected chi connectivity index (χ2v) is 5.18. The number of halogens is 2. The highest BCUT2D eigenvalue weighted by atomic mass is 79.9. The molecule has 1 heterocycles. The first-order valence-electron chi connectivity index (χ1n) is 5.71. The van der Waals surface area contributed by atoms with E-state index in [9.17, 15) is 24.8 Å². The number of nitrogens with zero attached hydrogens (tertiary/aromatic N) is 1. The predicted molar refractivity (Wildman–Crippen MR) is 75.8 cm³/mol. The molecule has 0 aliphatic heterocycles. The molecule has 108 valence electrons. The second kappa shape index (κ2) is 4.52. The maximum Gasteiger partial charge on any atom is 0.206 e. The molecule has 1 aromatic heterocycles. The lowest BCUT2D eigenvalue weighted by Crippen LogP contribution is -1.83. The largest absolute Gasteiger partial charge is 0.503 e. The average molecular weight is 355 g/mol. The number of nitrogens with one attached hydrogen (secondary N) is 1. The summed E-state index contributed by atoms with van der Waals surface area (Å²) in [5, 5.41) is 38.5. The van der Waals surface area contributed by atoms with Crippen LogP contribution in [0.1, 0.15) is 0 Å². The van der Waals surface area contributed by atoms with Gasteiger partial charge in [0.1, 0.15) is 22.7 Å². The summed E-state index contributed by atoms with van der Waals surface area (Å²) in [6.07, 6.45) is 0. The number of hydrogen-bond acceptors (Lipinski definition) is 5. The van der Waals surface area contributed by atoms with Crippen molar-refractivity contribution in [3.05, 3.63) is 28.5 Å². The minimum Gasteiger partial charge on any atom is -0.503 e. The number of rotatable bonds is 1. The highest BCUT2D eigenvalue weighted by Gasteiger charge is 2.22. The Balaban J connectivity index is 2.31. The maximum atomic E-state index is 13.1. The highest BCUT2D eigenvalue weighted by molar-refractivity contribution is 9.10. The van der Waals surface area contributed by atoms with Crippen molar-refractivity contribution in [2.24, 2.45) is 0 Å². The normalized spacial score (nSPS) is 11.1. The molecule has 8 heteroatoms. The molecule has 0 aliphatic rings. The number of hydrogen-bond donors (Lipinski definition) is 5. The van der Waals surface area contributed by atoms with Gasteiger partial charge in [-0.15, -0.1) is 0 Å². The molecule has 0 bridgehead atoms. The molecule has 2 aromatic carbocycles. The fourth-order valence-corrected chi connectivity index (χ4v) is 2.52. The fourth-order valence-electron chi connectivity index (χ4n) is 1.98. The van der Waals surface area contributed by atoms with E-state index in [1.807, 2.05) is 0 Å². The Labute approximate surface area is 125 Å². The van der Waals surface area contributed by atoms with Crippen LogP contribution in [0.3, 0.4) is 0 Å². The lowest BCUT2D eigenvalue weighted by molar-refractivity contribution is 0.350. The zero-order chi connectivity index (χ0) is 15.3. The Morgan fingerprint density at radius 2 is 1.67 bits per heavy atom. The van der Waals surface area contributed by atoms with E-state index in [1.165, 1.54) is 18.2 Å². The Morgan fingerprint density at radius 1 is 1.00 bits per heavy atom. The van der Waals surface area contributed by atoms with E-state index in [4.69, 9.17) is 0 Å². The van der Waals surface area contributed by atoms with Crippen LogP contribution in [0.15, 0.2) is 22.7 Å². The Kier molecular flexibility index (Phi) is 2.91. The molecule has 3 aromatic rings. The van der Waals surface area contributed by atoms with E-state index in [-0.39, 0.29) is 16.9 Å². The molecule has 0 radical (unpaired) electrons. The number of benzene rings is 2. The van der Waals surface area contributed by atoms with E-state index in [1.54, 1.807) is 0 Å². The smallest absolute Gasteiger partial charge is 0.206 e. The maximum absolute atomic E-state index is 13.1. The second-order valence-electron chi connectivity index (χ2n) is 4.33. The molecule has 0 amide bonds. The average Bonchev–Trinajstić information content (AvgIpc) is 2.88. The first-order valence-corrected chi connectivity index (χ1v) is 6.50. The lowest BCUT2D eigenvalue weighted by atomic mass is 10.2. The van der Waals surface area contributed by atoms with Crippen molar-refractivity contribution < 1.29 is 24.8 Å². The molecule has 6 nitrogen and oxygen atoms in total. The molecular formula is C13H8BrFN2O4. The van der Waals surface area contributed by atoms with Crippen LogP contribution in [0.2, 0.25) is 0 Å². The SMILES string of the molecule is Oc1c(O)c(O)c2[nH]c(-c3ccc(F)cc3Br)nc2c1O. The molecule has 0 fully saturated rings. The van der Waals surface area contributed by atoms with Gasteiger partial charge in [0.2, 0.25) is 11.5 Å². The summed E-state index contributed by atoms with van der Waals surface area (Å²) in [5.41, 5.74) is 0.313. The van der Waals surface area contributed by atoms with Crippen molar-refractivity contribution in [2.75, 3.05) is 0 Å². The standard InChI is InChI=1S/C13H8BrFN2O4/c14-6-3-4(15)1-2-5(6)13-16-7-8(17-13)10(19)12(21)11(20)9(7)18/h1-3,18-21H,(H,16,17). The van der Waals surface area contributed by atoms with Gasteiger partial charge in [0.05, 0.1) is 0 Å². The molecular weight excluding hydrogens is 347 g/mol. The number of phenols is 4. The number of fused-ring (bicyclic) bond motifs is 1. The summed E-state index contributed by atoms with van der Waals surface area (Å²) < 4.78 is 13.5. The van der Waals surface area contributed by atoms with Crippen LogP contribution in [-0.2, 0) is 0 Å². The molecule has 5 N–H and O–H groups in total. The van der Waals surface area contributed by atoms with Gasteiger partial charge in [0.25, 0.3) is 0 Å². The van der Waals surface area contributed by atoms with Crippen molar-refractivity contribution in [3.63, 3.8) is 0 Å². The van der Waals surface area contributed by atoms with Gasteiger partial charge in [-0.3, -0.25) is 0 Å². The summed E-state index contributed by atoms with van der Waals surface area (Å²) in [7, 11) is 0. The van der Waals surface area contributed by atoms with Gasteiger partial charge in [-0.2, -0.15) is 0 Å². The third kappa shape index (κ3) is 1.95. The van der Waals surface area contributed by atoms with Crippen LogP contribution in [0.25, 0.3) is 22.4 Å². The molecule has 0 spiro atoms. The summed E-state index contributed by atoms with van der Waals surface area (Å²) >= 11 is 3.18. The van der Waals surface area contributed by atoms with Crippen LogP contribution in [0.5, 0.6) is 23.0 Å². The number of aromatic nitrogens is 2. The van der Waals surface area contributed by atoms with Crippen LogP contribution in [-0.4, -0.2) is 30.4 Å². The van der Waals surface area contributed by atoms with Crippen molar-refractivity contribution in [2.45, 2.75) is 0 Å². The molecule has 3 rings (SSSR count). The van der Waals surface area contributed by atoms with Crippen LogP contribution in [0, 0.1) is 5.82 Å². The number of aromatic amines is 1. The van der Waals surface area contributed by atoms with E-state index in [0.29, 0.717) is 10.0 Å².